The Hall–Kier alpha value is -4.66. The minimum absolute atomic E-state index is 0.330. The summed E-state index contributed by atoms with van der Waals surface area (Å²) in [6.45, 7) is 1.08. The summed E-state index contributed by atoms with van der Waals surface area (Å²) in [5, 5.41) is 4.77. The highest BCUT2D eigenvalue weighted by Gasteiger charge is 2.16. The quantitative estimate of drug-likeness (QED) is 0.450. The molecule has 1 N–H and O–H groups in total. The molecule has 0 unspecified atom stereocenters. The monoisotopic (exact) mass is 453 g/mol. The third-order valence-corrected chi connectivity index (χ3v) is 5.71. The van der Waals surface area contributed by atoms with Crippen LogP contribution in [-0.2, 0) is 0 Å². The molecule has 3 aromatic heterocycles. The van der Waals surface area contributed by atoms with Crippen molar-refractivity contribution in [3.63, 3.8) is 0 Å². The van der Waals surface area contributed by atoms with E-state index in [2.05, 4.69) is 15.5 Å². The van der Waals surface area contributed by atoms with E-state index in [9.17, 15) is 9.59 Å². The largest absolute Gasteiger partial charge is 0.490 e. The Kier molecular flexibility index (Phi) is 4.72. The third kappa shape index (κ3) is 3.34. The smallest absolute Gasteiger partial charge is 0.280 e. The summed E-state index contributed by atoms with van der Waals surface area (Å²) in [6.07, 6.45) is 5.52. The van der Waals surface area contributed by atoms with E-state index in [0.717, 1.165) is 22.2 Å². The second-order valence-corrected chi connectivity index (χ2v) is 7.86. The van der Waals surface area contributed by atoms with Crippen molar-refractivity contribution in [3.8, 4) is 22.6 Å². The summed E-state index contributed by atoms with van der Waals surface area (Å²) in [6, 6.07) is 16.5. The van der Waals surface area contributed by atoms with Crippen LogP contribution in [0.3, 0.4) is 0 Å². The summed E-state index contributed by atoms with van der Waals surface area (Å²) >= 11 is 0. The number of pyridine rings is 1. The predicted molar refractivity (Wildman–Crippen MR) is 126 cm³/mol. The number of carbonyl (C=O) groups excluding carboxylic acids is 1. The lowest BCUT2D eigenvalue weighted by molar-refractivity contribution is 0.101. The first kappa shape index (κ1) is 20.0. The van der Waals surface area contributed by atoms with Gasteiger partial charge in [0.15, 0.2) is 17.1 Å². The predicted octanol–water partition coefficient (Wildman–Crippen LogP) is 3.26. The number of nitrogens with one attached hydrogen (secondary N) is 1. The van der Waals surface area contributed by atoms with Crippen LogP contribution in [0.2, 0.25) is 0 Å². The van der Waals surface area contributed by atoms with Crippen LogP contribution in [-0.4, -0.2) is 38.4 Å². The zero-order valence-electron chi connectivity index (χ0n) is 18.0. The van der Waals surface area contributed by atoms with Gasteiger partial charge in [-0.2, -0.15) is 5.10 Å². The van der Waals surface area contributed by atoms with Gasteiger partial charge in [-0.05, 0) is 29.8 Å². The SMILES string of the molecule is O=C(Nn1ccc2c(cnc3c(-c4ccccc4)cnn32)c1=O)c1ccc2c(c1)OCCCO2. The number of hydrogen-bond acceptors (Lipinski definition) is 6. The van der Waals surface area contributed by atoms with E-state index in [1.165, 1.54) is 12.4 Å². The molecule has 4 heterocycles. The molecule has 6 rings (SSSR count). The number of benzene rings is 2. The van der Waals surface area contributed by atoms with Crippen molar-refractivity contribution >= 4 is 22.5 Å². The topological polar surface area (TPSA) is 99.8 Å². The van der Waals surface area contributed by atoms with E-state index in [0.29, 0.717) is 46.8 Å². The van der Waals surface area contributed by atoms with Crippen molar-refractivity contribution in [1.82, 2.24) is 19.3 Å². The Balaban J connectivity index is 1.34. The molecule has 0 radical (unpaired) electrons. The van der Waals surface area contributed by atoms with Crippen molar-refractivity contribution in [2.45, 2.75) is 6.42 Å². The third-order valence-electron chi connectivity index (χ3n) is 5.71. The molecule has 2 aromatic carbocycles. The van der Waals surface area contributed by atoms with E-state index in [-0.39, 0.29) is 0 Å². The fourth-order valence-corrected chi connectivity index (χ4v) is 4.00. The first-order chi connectivity index (χ1) is 16.7. The molecule has 5 aromatic rings. The van der Waals surface area contributed by atoms with Crippen LogP contribution < -0.4 is 20.5 Å². The van der Waals surface area contributed by atoms with Gasteiger partial charge in [0.2, 0.25) is 0 Å². The maximum absolute atomic E-state index is 13.1. The lowest BCUT2D eigenvalue weighted by Crippen LogP contribution is -2.33. The molecular formula is C25H19N5O4. The first-order valence-electron chi connectivity index (χ1n) is 10.8. The van der Waals surface area contributed by atoms with Crippen molar-refractivity contribution in [2.75, 3.05) is 18.6 Å². The van der Waals surface area contributed by atoms with Gasteiger partial charge in [0.25, 0.3) is 11.5 Å². The van der Waals surface area contributed by atoms with Crippen molar-refractivity contribution in [1.29, 1.82) is 0 Å². The number of amides is 1. The van der Waals surface area contributed by atoms with Crippen molar-refractivity contribution < 1.29 is 14.3 Å². The number of nitrogens with zero attached hydrogens (tertiary/aromatic N) is 4. The van der Waals surface area contributed by atoms with Gasteiger partial charge in [-0.3, -0.25) is 15.0 Å². The van der Waals surface area contributed by atoms with Crippen molar-refractivity contribution in [3.05, 3.63) is 89.1 Å². The second-order valence-electron chi connectivity index (χ2n) is 7.86. The molecule has 1 amide bonds. The number of carbonyl (C=O) groups is 1. The Morgan fingerprint density at radius 3 is 2.65 bits per heavy atom. The number of fused-ring (bicyclic) bond motifs is 4. The molecule has 1 aliphatic heterocycles. The molecule has 0 saturated carbocycles. The maximum Gasteiger partial charge on any atom is 0.280 e. The van der Waals surface area contributed by atoms with Gasteiger partial charge in [-0.15, -0.1) is 0 Å². The molecular weight excluding hydrogens is 434 g/mol. The summed E-state index contributed by atoms with van der Waals surface area (Å²) in [5.74, 6) is 0.660. The van der Waals surface area contributed by atoms with E-state index in [4.69, 9.17) is 9.47 Å². The van der Waals surface area contributed by atoms with Crippen LogP contribution in [0.15, 0.2) is 78.0 Å². The highest BCUT2D eigenvalue weighted by atomic mass is 16.5. The first-order valence-corrected chi connectivity index (χ1v) is 10.8. The van der Waals surface area contributed by atoms with Gasteiger partial charge in [0, 0.05) is 29.9 Å². The molecule has 0 spiro atoms. The Morgan fingerprint density at radius 2 is 1.79 bits per heavy atom. The zero-order chi connectivity index (χ0) is 23.1. The van der Waals surface area contributed by atoms with Crippen LogP contribution in [0.4, 0.5) is 0 Å². The highest BCUT2D eigenvalue weighted by Crippen LogP contribution is 2.30. The highest BCUT2D eigenvalue weighted by molar-refractivity contribution is 6.00. The molecule has 0 bridgehead atoms. The molecule has 0 atom stereocenters. The molecule has 9 nitrogen and oxygen atoms in total. The van der Waals surface area contributed by atoms with Crippen LogP contribution in [0.25, 0.3) is 27.7 Å². The average molecular weight is 453 g/mol. The van der Waals surface area contributed by atoms with E-state index < -0.39 is 11.5 Å². The standard InChI is InChI=1S/C25H19N5O4/c31-24(17-7-8-21-22(13-17)34-12-4-11-33-21)28-29-10-9-20-19(25(29)32)14-26-23-18(15-27-30(20)23)16-5-2-1-3-6-16/h1-3,5-10,13-15H,4,11-12H2,(H,28,31). The van der Waals surface area contributed by atoms with Gasteiger partial charge in [-0.25, -0.2) is 14.2 Å². The number of ether oxygens (including phenoxy) is 2. The van der Waals surface area contributed by atoms with Crippen LogP contribution in [0, 0.1) is 0 Å². The number of rotatable bonds is 3. The molecule has 9 heteroatoms. The normalized spacial score (nSPS) is 13.1. The van der Waals surface area contributed by atoms with Gasteiger partial charge in [0.05, 0.1) is 30.3 Å². The average Bonchev–Trinajstić information content (AvgIpc) is 3.17. The molecule has 1 aliphatic rings. The molecule has 0 fully saturated rings. The number of hydrogen-bond donors (Lipinski definition) is 1. The molecule has 168 valence electrons. The lowest BCUT2D eigenvalue weighted by atomic mass is 10.1. The minimum atomic E-state index is -0.448. The summed E-state index contributed by atoms with van der Waals surface area (Å²) in [5.41, 5.74) is 5.67. The minimum Gasteiger partial charge on any atom is -0.490 e. The van der Waals surface area contributed by atoms with Crippen LogP contribution in [0.1, 0.15) is 16.8 Å². The Labute approximate surface area is 193 Å². The van der Waals surface area contributed by atoms with Crippen LogP contribution in [0.5, 0.6) is 11.5 Å². The fraction of sp³-hybridized carbons (Fsp3) is 0.120. The lowest BCUT2D eigenvalue weighted by Gasteiger charge is -2.12. The summed E-state index contributed by atoms with van der Waals surface area (Å²) in [7, 11) is 0. The van der Waals surface area contributed by atoms with Gasteiger partial charge >= 0.3 is 0 Å². The molecule has 34 heavy (non-hydrogen) atoms. The number of aromatic nitrogens is 4. The van der Waals surface area contributed by atoms with E-state index in [1.807, 2.05) is 30.3 Å². The fourth-order valence-electron chi connectivity index (χ4n) is 4.00. The van der Waals surface area contributed by atoms with Gasteiger partial charge < -0.3 is 9.47 Å². The molecule has 0 saturated heterocycles. The summed E-state index contributed by atoms with van der Waals surface area (Å²) < 4.78 is 14.0. The van der Waals surface area contributed by atoms with Gasteiger partial charge in [-0.1, -0.05) is 30.3 Å². The maximum atomic E-state index is 13.1. The van der Waals surface area contributed by atoms with Crippen LogP contribution >= 0.6 is 0 Å². The Bertz CT molecular complexity index is 1610. The van der Waals surface area contributed by atoms with Crippen molar-refractivity contribution in [2.24, 2.45) is 0 Å². The van der Waals surface area contributed by atoms with E-state index >= 15 is 0 Å². The Morgan fingerprint density at radius 1 is 0.971 bits per heavy atom. The van der Waals surface area contributed by atoms with Gasteiger partial charge in [0.1, 0.15) is 0 Å². The molecule has 0 aliphatic carbocycles. The summed E-state index contributed by atoms with van der Waals surface area (Å²) in [4.78, 5) is 30.4. The second kappa shape index (κ2) is 8.04. The zero-order valence-corrected chi connectivity index (χ0v) is 18.0. The van der Waals surface area contributed by atoms with E-state index in [1.54, 1.807) is 35.0 Å².